The molecule has 0 unspecified atom stereocenters. The molecule has 88 valence electrons. The fraction of sp³-hybridized carbons (Fsp3) is 0.462. The van der Waals surface area contributed by atoms with Gasteiger partial charge in [-0.1, -0.05) is 24.8 Å². The molecule has 0 heterocycles. The Bertz CT molecular complexity index is 401. The van der Waals surface area contributed by atoms with Crippen LogP contribution >= 0.6 is 12.6 Å². The lowest BCUT2D eigenvalue weighted by Gasteiger charge is -2.16. The van der Waals surface area contributed by atoms with Gasteiger partial charge in [0.1, 0.15) is 0 Å². The maximum Gasteiger partial charge on any atom is 0.278 e. The second-order valence-electron chi connectivity index (χ2n) is 4.25. The van der Waals surface area contributed by atoms with E-state index in [0.717, 1.165) is 6.42 Å². The fourth-order valence-corrected chi connectivity index (χ4v) is 1.77. The quantitative estimate of drug-likeness (QED) is 0.801. The molecule has 16 heavy (non-hydrogen) atoms. The summed E-state index contributed by atoms with van der Waals surface area (Å²) in [5, 5.41) is -0.179. The van der Waals surface area contributed by atoms with Crippen LogP contribution in [0.15, 0.2) is 12.1 Å². The van der Waals surface area contributed by atoms with Crippen LogP contribution in [0.3, 0.4) is 0 Å². The van der Waals surface area contributed by atoms with Crippen molar-refractivity contribution < 1.29 is 4.79 Å². The number of thiol groups is 1. The maximum atomic E-state index is 11.0. The number of rotatable bonds is 3. The van der Waals surface area contributed by atoms with Gasteiger partial charge in [0.25, 0.3) is 5.24 Å². The Morgan fingerprint density at radius 3 is 2.44 bits per heavy atom. The topological polar surface area (TPSA) is 20.3 Å². The number of benzene rings is 1. The highest BCUT2D eigenvalue weighted by atomic mass is 32.1. The molecule has 0 aliphatic rings. The first kappa shape index (κ1) is 13.1. The van der Waals surface area contributed by atoms with E-state index in [0.29, 0.717) is 6.54 Å². The normalized spacial score (nSPS) is 10.3. The van der Waals surface area contributed by atoms with Crippen LogP contribution in [0.1, 0.15) is 22.3 Å². The summed E-state index contributed by atoms with van der Waals surface area (Å²) in [5.41, 5.74) is 5.31. The number of hydrogen-bond donors (Lipinski definition) is 1. The van der Waals surface area contributed by atoms with Crippen LogP contribution in [0.4, 0.5) is 4.79 Å². The van der Waals surface area contributed by atoms with Crippen molar-refractivity contribution in [2.75, 3.05) is 13.6 Å². The molecule has 0 atom stereocenters. The van der Waals surface area contributed by atoms with Crippen LogP contribution in [0, 0.1) is 20.8 Å². The molecule has 0 saturated heterocycles. The summed E-state index contributed by atoms with van der Waals surface area (Å²) >= 11 is 3.79. The van der Waals surface area contributed by atoms with E-state index in [9.17, 15) is 4.79 Å². The molecule has 0 aliphatic carbocycles. The van der Waals surface area contributed by atoms with E-state index in [1.807, 2.05) is 0 Å². The van der Waals surface area contributed by atoms with Crippen LogP contribution in [0.2, 0.25) is 0 Å². The summed E-state index contributed by atoms with van der Waals surface area (Å²) in [6, 6.07) is 4.29. The standard InChI is InChI=1S/C13H19NOS/c1-9-5-6-12(11(3)10(9)2)7-8-14(4)13(15)16/h5-6H,7-8H2,1-4H3,(H,15,16). The predicted octanol–water partition coefficient (Wildman–Crippen LogP) is 3.14. The molecular formula is C13H19NOS. The molecule has 0 spiro atoms. The minimum atomic E-state index is -0.179. The zero-order chi connectivity index (χ0) is 12.3. The van der Waals surface area contributed by atoms with Crippen molar-refractivity contribution >= 4 is 17.9 Å². The second-order valence-corrected chi connectivity index (χ2v) is 4.63. The highest BCUT2D eigenvalue weighted by Gasteiger charge is 2.07. The van der Waals surface area contributed by atoms with Crippen molar-refractivity contribution in [3.8, 4) is 0 Å². The van der Waals surface area contributed by atoms with E-state index in [1.165, 1.54) is 22.3 Å². The van der Waals surface area contributed by atoms with Gasteiger partial charge in [-0.2, -0.15) is 0 Å². The SMILES string of the molecule is Cc1ccc(CCN(C)C(=O)S)c(C)c1C. The average molecular weight is 237 g/mol. The smallest absolute Gasteiger partial charge is 0.278 e. The predicted molar refractivity (Wildman–Crippen MR) is 71.4 cm³/mol. The van der Waals surface area contributed by atoms with Crippen molar-refractivity contribution in [1.82, 2.24) is 4.90 Å². The first-order valence-electron chi connectivity index (χ1n) is 5.43. The van der Waals surface area contributed by atoms with E-state index in [1.54, 1.807) is 11.9 Å². The Labute approximate surface area is 103 Å². The second kappa shape index (κ2) is 5.39. The van der Waals surface area contributed by atoms with Gasteiger partial charge < -0.3 is 4.90 Å². The Hall–Kier alpha value is -0.960. The highest BCUT2D eigenvalue weighted by Crippen LogP contribution is 2.17. The number of amides is 1. The zero-order valence-electron chi connectivity index (χ0n) is 10.4. The monoisotopic (exact) mass is 237 g/mol. The summed E-state index contributed by atoms with van der Waals surface area (Å²) in [6.07, 6.45) is 0.885. The fourth-order valence-electron chi connectivity index (χ4n) is 1.67. The van der Waals surface area contributed by atoms with Crippen LogP contribution in [0.25, 0.3) is 0 Å². The largest absolute Gasteiger partial charge is 0.337 e. The van der Waals surface area contributed by atoms with E-state index in [4.69, 9.17) is 0 Å². The molecular weight excluding hydrogens is 218 g/mol. The maximum absolute atomic E-state index is 11.0. The van der Waals surface area contributed by atoms with Crippen LogP contribution in [-0.4, -0.2) is 23.7 Å². The summed E-state index contributed by atoms with van der Waals surface area (Å²) in [5.74, 6) is 0. The minimum Gasteiger partial charge on any atom is -0.337 e. The van der Waals surface area contributed by atoms with E-state index in [2.05, 4.69) is 45.5 Å². The van der Waals surface area contributed by atoms with Gasteiger partial charge in [0.2, 0.25) is 0 Å². The first-order chi connectivity index (χ1) is 7.43. The van der Waals surface area contributed by atoms with E-state index in [-0.39, 0.29) is 5.24 Å². The Balaban J connectivity index is 2.75. The van der Waals surface area contributed by atoms with Gasteiger partial charge in [0.05, 0.1) is 0 Å². The van der Waals surface area contributed by atoms with Gasteiger partial charge in [0, 0.05) is 13.6 Å². The lowest BCUT2D eigenvalue weighted by atomic mass is 9.97. The van der Waals surface area contributed by atoms with Gasteiger partial charge in [-0.05, 0) is 49.4 Å². The van der Waals surface area contributed by atoms with Crippen LogP contribution in [-0.2, 0) is 6.42 Å². The van der Waals surface area contributed by atoms with Gasteiger partial charge in [-0.25, -0.2) is 0 Å². The Kier molecular flexibility index (Phi) is 4.42. The summed E-state index contributed by atoms with van der Waals surface area (Å²) < 4.78 is 0. The van der Waals surface area contributed by atoms with Crippen molar-refractivity contribution in [1.29, 1.82) is 0 Å². The van der Waals surface area contributed by atoms with Crippen molar-refractivity contribution in [2.24, 2.45) is 0 Å². The molecule has 1 amide bonds. The van der Waals surface area contributed by atoms with E-state index < -0.39 is 0 Å². The molecule has 1 aromatic rings. The van der Waals surface area contributed by atoms with Crippen LogP contribution in [0.5, 0.6) is 0 Å². The number of carbonyl (C=O) groups excluding carboxylic acids is 1. The average Bonchev–Trinajstić information content (AvgIpc) is 2.24. The Morgan fingerprint density at radius 1 is 1.25 bits per heavy atom. The molecule has 1 rings (SSSR count). The third kappa shape index (κ3) is 3.01. The Morgan fingerprint density at radius 2 is 1.88 bits per heavy atom. The number of carbonyl (C=O) groups is 1. The van der Waals surface area contributed by atoms with Gasteiger partial charge in [-0.15, -0.1) is 0 Å². The van der Waals surface area contributed by atoms with Crippen molar-refractivity contribution in [3.63, 3.8) is 0 Å². The number of likely N-dealkylation sites (N-methyl/N-ethyl adjacent to an activating group) is 1. The molecule has 0 N–H and O–H groups in total. The molecule has 0 aromatic heterocycles. The zero-order valence-corrected chi connectivity index (χ0v) is 11.3. The molecule has 0 aliphatic heterocycles. The molecule has 0 bridgehead atoms. The van der Waals surface area contributed by atoms with Gasteiger partial charge in [0.15, 0.2) is 0 Å². The molecule has 0 fully saturated rings. The minimum absolute atomic E-state index is 0.179. The van der Waals surface area contributed by atoms with Crippen molar-refractivity contribution in [3.05, 3.63) is 34.4 Å². The lowest BCUT2D eigenvalue weighted by molar-refractivity contribution is 0.234. The summed E-state index contributed by atoms with van der Waals surface area (Å²) in [7, 11) is 1.77. The molecule has 2 nitrogen and oxygen atoms in total. The number of aryl methyl sites for hydroxylation is 1. The van der Waals surface area contributed by atoms with Crippen molar-refractivity contribution in [2.45, 2.75) is 27.2 Å². The van der Waals surface area contributed by atoms with Crippen LogP contribution < -0.4 is 0 Å². The lowest BCUT2D eigenvalue weighted by Crippen LogP contribution is -2.23. The summed E-state index contributed by atoms with van der Waals surface area (Å²) in [4.78, 5) is 12.6. The first-order valence-corrected chi connectivity index (χ1v) is 5.88. The summed E-state index contributed by atoms with van der Waals surface area (Å²) in [6.45, 7) is 7.11. The number of nitrogens with zero attached hydrogens (tertiary/aromatic N) is 1. The molecule has 3 heteroatoms. The molecule has 0 saturated carbocycles. The van der Waals surface area contributed by atoms with E-state index >= 15 is 0 Å². The third-order valence-electron chi connectivity index (χ3n) is 3.21. The number of hydrogen-bond acceptors (Lipinski definition) is 1. The third-order valence-corrected chi connectivity index (χ3v) is 3.55. The molecule has 0 radical (unpaired) electrons. The van der Waals surface area contributed by atoms with Gasteiger partial charge >= 0.3 is 0 Å². The highest BCUT2D eigenvalue weighted by molar-refractivity contribution is 7.96. The molecule has 1 aromatic carbocycles. The van der Waals surface area contributed by atoms with Gasteiger partial charge in [-0.3, -0.25) is 4.79 Å².